The molecule has 4 rings (SSSR count). The number of aromatic nitrogens is 3. The molecule has 2 heterocycles. The van der Waals surface area contributed by atoms with E-state index in [9.17, 15) is 4.79 Å². The number of nitrogens with zero attached hydrogens (tertiary/aromatic N) is 3. The minimum absolute atomic E-state index is 0.0880. The van der Waals surface area contributed by atoms with Gasteiger partial charge in [-0.05, 0) is 66.6 Å². The Morgan fingerprint density at radius 1 is 1.32 bits per heavy atom. The van der Waals surface area contributed by atoms with Crippen molar-refractivity contribution in [3.63, 3.8) is 0 Å². The van der Waals surface area contributed by atoms with Crippen molar-refractivity contribution in [2.24, 2.45) is 0 Å². The van der Waals surface area contributed by atoms with Crippen LogP contribution in [0.25, 0.3) is 11.0 Å². The summed E-state index contributed by atoms with van der Waals surface area (Å²) in [5.74, 6) is -0.302. The fourth-order valence-corrected chi connectivity index (χ4v) is 4.49. The predicted octanol–water partition coefficient (Wildman–Crippen LogP) is 4.05. The number of rotatable bonds is 8. The van der Waals surface area contributed by atoms with Crippen molar-refractivity contribution in [3.8, 4) is 0 Å². The Morgan fingerprint density at radius 3 is 3.00 bits per heavy atom. The number of benzene rings is 2. The zero-order valence-electron chi connectivity index (χ0n) is 18.4. The summed E-state index contributed by atoms with van der Waals surface area (Å²) in [6.45, 7) is 8.55. The van der Waals surface area contributed by atoms with Gasteiger partial charge in [-0.1, -0.05) is 35.6 Å². The molecule has 0 saturated heterocycles. The molecule has 6 heteroatoms. The number of hydrogen-bond donors (Lipinski definition) is 1. The van der Waals surface area contributed by atoms with E-state index < -0.39 is 0 Å². The van der Waals surface area contributed by atoms with Crippen LogP contribution >= 0.6 is 0 Å². The van der Waals surface area contributed by atoms with Crippen LogP contribution in [0.2, 0.25) is 0 Å². The van der Waals surface area contributed by atoms with Gasteiger partial charge in [-0.2, -0.15) is 0 Å². The summed E-state index contributed by atoms with van der Waals surface area (Å²) in [5, 5.41) is 12.3. The van der Waals surface area contributed by atoms with Crippen LogP contribution in [-0.2, 0) is 29.0 Å². The summed E-state index contributed by atoms with van der Waals surface area (Å²) in [6.07, 6.45) is 5.19. The Labute approximate surface area is 183 Å². The quantitative estimate of drug-likeness (QED) is 0.340. The number of fused-ring (bicyclic) bond motifs is 2. The van der Waals surface area contributed by atoms with E-state index in [1.165, 1.54) is 18.2 Å². The van der Waals surface area contributed by atoms with Crippen LogP contribution in [0.15, 0.2) is 43.0 Å². The lowest BCUT2D eigenvalue weighted by Crippen LogP contribution is -2.24. The van der Waals surface area contributed by atoms with Gasteiger partial charge in [-0.25, -0.2) is 4.68 Å². The molecule has 0 aliphatic carbocycles. The van der Waals surface area contributed by atoms with Crippen molar-refractivity contribution in [2.75, 3.05) is 13.7 Å². The molecule has 162 valence electrons. The monoisotopic (exact) mass is 418 g/mol. The minimum Gasteiger partial charge on any atom is -0.469 e. The average molecular weight is 419 g/mol. The molecule has 2 aromatic carbocycles. The van der Waals surface area contributed by atoms with Gasteiger partial charge in [0.05, 0.1) is 19.0 Å². The van der Waals surface area contributed by atoms with Crippen molar-refractivity contribution in [1.29, 1.82) is 0 Å². The van der Waals surface area contributed by atoms with E-state index in [1.807, 2.05) is 10.8 Å². The number of ether oxygens (including phenoxy) is 1. The number of aryl methyl sites for hydroxylation is 2. The fourth-order valence-electron chi connectivity index (χ4n) is 4.49. The van der Waals surface area contributed by atoms with Gasteiger partial charge in [-0.15, -0.1) is 11.7 Å². The lowest BCUT2D eigenvalue weighted by Gasteiger charge is -2.23. The first-order valence-corrected chi connectivity index (χ1v) is 10.9. The van der Waals surface area contributed by atoms with Crippen molar-refractivity contribution in [3.05, 3.63) is 70.8 Å². The van der Waals surface area contributed by atoms with Gasteiger partial charge in [0.15, 0.2) is 0 Å². The highest BCUT2D eigenvalue weighted by atomic mass is 16.5. The zero-order valence-corrected chi connectivity index (χ0v) is 18.4. The molecule has 0 spiro atoms. The third kappa shape index (κ3) is 4.39. The molecule has 1 atom stereocenters. The highest BCUT2D eigenvalue weighted by Crippen LogP contribution is 2.35. The maximum Gasteiger partial charge on any atom is 0.306 e. The van der Waals surface area contributed by atoms with Crippen LogP contribution in [0.4, 0.5) is 0 Å². The average Bonchev–Trinajstić information content (AvgIpc) is 3.21. The normalized spacial score (nSPS) is 14.3. The first-order chi connectivity index (χ1) is 15.1. The van der Waals surface area contributed by atoms with E-state index >= 15 is 0 Å². The van der Waals surface area contributed by atoms with Gasteiger partial charge in [0, 0.05) is 19.0 Å². The zero-order chi connectivity index (χ0) is 21.8. The smallest absolute Gasteiger partial charge is 0.306 e. The first kappa shape index (κ1) is 21.2. The van der Waals surface area contributed by atoms with Crippen LogP contribution in [-0.4, -0.2) is 34.6 Å². The molecule has 6 nitrogen and oxygen atoms in total. The Kier molecular flexibility index (Phi) is 6.47. The molecule has 1 aromatic heterocycles. The lowest BCUT2D eigenvalue weighted by molar-refractivity contribution is -0.140. The predicted molar refractivity (Wildman–Crippen MR) is 122 cm³/mol. The summed E-state index contributed by atoms with van der Waals surface area (Å²) < 4.78 is 6.99. The lowest BCUT2D eigenvalue weighted by atomic mass is 9.83. The summed E-state index contributed by atoms with van der Waals surface area (Å²) in [7, 11) is 1.45. The fraction of sp³-hybridized carbons (Fsp3) is 0.400. The number of unbranched alkanes of at least 4 members (excludes halogenated alkanes) is 1. The Hall–Kier alpha value is -2.99. The van der Waals surface area contributed by atoms with Gasteiger partial charge >= 0.3 is 5.97 Å². The molecule has 0 bridgehead atoms. The maximum absolute atomic E-state index is 12.3. The first-order valence-electron chi connectivity index (χ1n) is 10.9. The van der Waals surface area contributed by atoms with Crippen LogP contribution in [0, 0.1) is 6.92 Å². The molecule has 0 saturated carbocycles. The van der Waals surface area contributed by atoms with Crippen molar-refractivity contribution < 1.29 is 9.53 Å². The molecular formula is C25H30N4O2. The molecule has 0 radical (unpaired) electrons. The SMILES string of the molecule is C=CCCCn1nnc2c(C)c([C@@H](CC(=O)OC)c3ccc4c(c3)CNCC4)ccc21. The van der Waals surface area contributed by atoms with E-state index in [0.29, 0.717) is 6.42 Å². The van der Waals surface area contributed by atoms with Crippen molar-refractivity contribution in [1.82, 2.24) is 20.3 Å². The van der Waals surface area contributed by atoms with E-state index in [2.05, 4.69) is 59.5 Å². The van der Waals surface area contributed by atoms with E-state index in [-0.39, 0.29) is 11.9 Å². The molecule has 3 aromatic rings. The largest absolute Gasteiger partial charge is 0.469 e. The van der Waals surface area contributed by atoms with Gasteiger partial charge < -0.3 is 10.1 Å². The third-order valence-corrected chi connectivity index (χ3v) is 6.25. The molecule has 0 amide bonds. The topological polar surface area (TPSA) is 69.0 Å². The number of methoxy groups -OCH3 is 1. The van der Waals surface area contributed by atoms with Gasteiger partial charge in [0.2, 0.25) is 0 Å². The van der Waals surface area contributed by atoms with Crippen LogP contribution < -0.4 is 5.32 Å². The maximum atomic E-state index is 12.3. The highest BCUT2D eigenvalue weighted by molar-refractivity contribution is 5.80. The molecule has 1 N–H and O–H groups in total. The molecule has 31 heavy (non-hydrogen) atoms. The second-order valence-corrected chi connectivity index (χ2v) is 8.18. The number of esters is 1. The number of carbonyl (C=O) groups excluding carboxylic acids is 1. The minimum atomic E-state index is -0.214. The van der Waals surface area contributed by atoms with Crippen LogP contribution in [0.3, 0.4) is 0 Å². The second-order valence-electron chi connectivity index (χ2n) is 8.18. The molecule has 1 aliphatic rings. The standard InChI is InChI=1S/C25H30N4O2/c1-4-5-6-13-29-23-10-9-21(17(2)25(23)27-28-29)22(15-24(30)31-3)19-8-7-18-11-12-26-16-20(18)14-19/h4,7-10,14,22,26H,1,5-6,11-13,15-16H2,2-3H3/t22-/m0/s1. The van der Waals surface area contributed by atoms with E-state index in [1.54, 1.807) is 0 Å². The molecule has 1 aliphatic heterocycles. The molecule has 0 unspecified atom stereocenters. The van der Waals surface area contributed by atoms with Gasteiger partial charge in [0.25, 0.3) is 0 Å². The Morgan fingerprint density at radius 2 is 2.19 bits per heavy atom. The Bertz CT molecular complexity index is 1100. The van der Waals surface area contributed by atoms with E-state index in [0.717, 1.165) is 66.6 Å². The summed E-state index contributed by atoms with van der Waals surface area (Å²) >= 11 is 0. The summed E-state index contributed by atoms with van der Waals surface area (Å²) in [6, 6.07) is 10.8. The van der Waals surface area contributed by atoms with Crippen molar-refractivity contribution >= 4 is 17.0 Å². The Balaban J connectivity index is 1.73. The number of allylic oxidation sites excluding steroid dienone is 1. The van der Waals surface area contributed by atoms with Crippen molar-refractivity contribution in [2.45, 2.75) is 51.6 Å². The van der Waals surface area contributed by atoms with Gasteiger partial charge in [0.1, 0.15) is 5.52 Å². The van der Waals surface area contributed by atoms with E-state index in [4.69, 9.17) is 4.74 Å². The van der Waals surface area contributed by atoms with Crippen LogP contribution in [0.1, 0.15) is 53.0 Å². The third-order valence-electron chi connectivity index (χ3n) is 6.25. The molecule has 0 fully saturated rings. The highest BCUT2D eigenvalue weighted by Gasteiger charge is 2.24. The second kappa shape index (κ2) is 9.43. The number of hydrogen-bond acceptors (Lipinski definition) is 5. The summed E-state index contributed by atoms with van der Waals surface area (Å²) in [4.78, 5) is 12.3. The number of nitrogens with one attached hydrogen (secondary N) is 1. The number of carbonyl (C=O) groups is 1. The molecular weight excluding hydrogens is 388 g/mol. The van der Waals surface area contributed by atoms with Gasteiger partial charge in [-0.3, -0.25) is 4.79 Å². The summed E-state index contributed by atoms with van der Waals surface area (Å²) in [5.41, 5.74) is 7.91. The van der Waals surface area contributed by atoms with Crippen LogP contribution in [0.5, 0.6) is 0 Å².